The molecule has 86 valence electrons. The van der Waals surface area contributed by atoms with Gasteiger partial charge < -0.3 is 4.74 Å². The van der Waals surface area contributed by atoms with Gasteiger partial charge in [-0.1, -0.05) is 19.1 Å². The number of benzene rings is 1. The minimum Gasteiger partial charge on any atom is -0.491 e. The summed E-state index contributed by atoms with van der Waals surface area (Å²) in [4.78, 5) is 0. The van der Waals surface area contributed by atoms with Gasteiger partial charge in [-0.15, -0.1) is 11.8 Å². The fraction of sp³-hybridized carbons (Fsp3) is 0.467. The van der Waals surface area contributed by atoms with Crippen LogP contribution in [0.4, 0.5) is 0 Å². The van der Waals surface area contributed by atoms with Gasteiger partial charge in [0.25, 0.3) is 0 Å². The first-order valence-corrected chi connectivity index (χ1v) is 5.79. The standard InChI is InChI=1S/C15H20O/c1-5-6-7-13(4)14-8-10-15(11-9-14)16-12(2)3/h8-13H,7H2,1-4H3. The minimum atomic E-state index is 0.231. The maximum Gasteiger partial charge on any atom is 0.119 e. The average Bonchev–Trinajstić information content (AvgIpc) is 2.26. The van der Waals surface area contributed by atoms with Crippen molar-refractivity contribution in [2.75, 3.05) is 0 Å². The van der Waals surface area contributed by atoms with Gasteiger partial charge in [-0.3, -0.25) is 0 Å². The molecule has 1 atom stereocenters. The SMILES string of the molecule is CC#CCC(C)c1ccc(OC(C)C)cc1. The van der Waals surface area contributed by atoms with E-state index in [1.165, 1.54) is 5.56 Å². The molecule has 0 amide bonds. The Morgan fingerprint density at radius 2 is 1.75 bits per heavy atom. The third-order valence-corrected chi connectivity index (χ3v) is 2.41. The lowest BCUT2D eigenvalue weighted by Crippen LogP contribution is -2.05. The second-order valence-electron chi connectivity index (χ2n) is 4.27. The Bertz CT molecular complexity index is 365. The molecule has 0 saturated carbocycles. The van der Waals surface area contributed by atoms with Crippen LogP contribution in [-0.2, 0) is 0 Å². The van der Waals surface area contributed by atoms with E-state index in [9.17, 15) is 0 Å². The molecule has 0 aliphatic carbocycles. The van der Waals surface area contributed by atoms with E-state index < -0.39 is 0 Å². The molecular weight excluding hydrogens is 196 g/mol. The van der Waals surface area contributed by atoms with E-state index in [1.807, 2.05) is 32.9 Å². The smallest absolute Gasteiger partial charge is 0.119 e. The van der Waals surface area contributed by atoms with Crippen LogP contribution in [0.15, 0.2) is 24.3 Å². The van der Waals surface area contributed by atoms with Crippen molar-refractivity contribution in [3.63, 3.8) is 0 Å². The second-order valence-corrected chi connectivity index (χ2v) is 4.27. The van der Waals surface area contributed by atoms with Crippen molar-refractivity contribution in [1.82, 2.24) is 0 Å². The predicted octanol–water partition coefficient (Wildman–Crippen LogP) is 3.99. The van der Waals surface area contributed by atoms with Gasteiger partial charge in [0.15, 0.2) is 0 Å². The molecule has 0 aromatic heterocycles. The minimum absolute atomic E-state index is 0.231. The normalized spacial score (nSPS) is 11.8. The van der Waals surface area contributed by atoms with Crippen LogP contribution >= 0.6 is 0 Å². The van der Waals surface area contributed by atoms with Gasteiger partial charge in [0.2, 0.25) is 0 Å². The molecule has 1 unspecified atom stereocenters. The summed E-state index contributed by atoms with van der Waals surface area (Å²) in [6.07, 6.45) is 1.15. The molecule has 1 aromatic carbocycles. The fourth-order valence-corrected chi connectivity index (χ4v) is 1.52. The Kier molecular flexibility index (Phi) is 4.92. The Morgan fingerprint density at radius 1 is 1.12 bits per heavy atom. The third-order valence-electron chi connectivity index (χ3n) is 2.41. The van der Waals surface area contributed by atoms with E-state index in [0.29, 0.717) is 5.92 Å². The molecule has 0 saturated heterocycles. The molecule has 1 heteroatoms. The van der Waals surface area contributed by atoms with E-state index >= 15 is 0 Å². The Labute approximate surface area is 98.8 Å². The van der Waals surface area contributed by atoms with Crippen LogP contribution in [0.3, 0.4) is 0 Å². The quantitative estimate of drug-likeness (QED) is 0.691. The van der Waals surface area contributed by atoms with Crippen LogP contribution in [0, 0.1) is 11.8 Å². The first kappa shape index (κ1) is 12.6. The van der Waals surface area contributed by atoms with E-state index in [1.54, 1.807) is 0 Å². The molecule has 1 nitrogen and oxygen atoms in total. The summed E-state index contributed by atoms with van der Waals surface area (Å²) in [5.74, 6) is 7.47. The number of hydrogen-bond donors (Lipinski definition) is 0. The van der Waals surface area contributed by atoms with Crippen LogP contribution in [0.1, 0.15) is 45.6 Å². The van der Waals surface area contributed by atoms with Gasteiger partial charge in [0.05, 0.1) is 6.10 Å². The lowest BCUT2D eigenvalue weighted by atomic mass is 9.98. The fourth-order valence-electron chi connectivity index (χ4n) is 1.52. The van der Waals surface area contributed by atoms with E-state index in [2.05, 4.69) is 30.9 Å². The van der Waals surface area contributed by atoms with Crippen molar-refractivity contribution in [1.29, 1.82) is 0 Å². The summed E-state index contributed by atoms with van der Waals surface area (Å²) < 4.78 is 5.60. The molecule has 0 N–H and O–H groups in total. The average molecular weight is 216 g/mol. The molecule has 0 bridgehead atoms. The number of rotatable bonds is 4. The molecule has 0 fully saturated rings. The van der Waals surface area contributed by atoms with Crippen molar-refractivity contribution in [2.24, 2.45) is 0 Å². The van der Waals surface area contributed by atoms with Crippen LogP contribution in [-0.4, -0.2) is 6.10 Å². The van der Waals surface area contributed by atoms with Gasteiger partial charge >= 0.3 is 0 Å². The molecule has 0 spiro atoms. The lowest BCUT2D eigenvalue weighted by Gasteiger charge is -2.12. The predicted molar refractivity (Wildman–Crippen MR) is 68.7 cm³/mol. The van der Waals surface area contributed by atoms with Crippen LogP contribution in [0.25, 0.3) is 0 Å². The van der Waals surface area contributed by atoms with E-state index in [-0.39, 0.29) is 6.10 Å². The molecule has 16 heavy (non-hydrogen) atoms. The van der Waals surface area contributed by atoms with Gasteiger partial charge in [-0.2, -0.15) is 0 Å². The van der Waals surface area contributed by atoms with Gasteiger partial charge in [0.1, 0.15) is 5.75 Å². The topological polar surface area (TPSA) is 9.23 Å². The van der Waals surface area contributed by atoms with Gasteiger partial charge in [-0.25, -0.2) is 0 Å². The van der Waals surface area contributed by atoms with E-state index in [0.717, 1.165) is 12.2 Å². The van der Waals surface area contributed by atoms with Crippen molar-refractivity contribution in [2.45, 2.75) is 46.1 Å². The Balaban J connectivity index is 2.65. The summed E-state index contributed by atoms with van der Waals surface area (Å²) in [7, 11) is 0. The number of ether oxygens (including phenoxy) is 1. The highest BCUT2D eigenvalue weighted by atomic mass is 16.5. The van der Waals surface area contributed by atoms with Crippen molar-refractivity contribution < 1.29 is 4.74 Å². The maximum absolute atomic E-state index is 5.60. The monoisotopic (exact) mass is 216 g/mol. The first-order valence-electron chi connectivity index (χ1n) is 5.79. The molecular formula is C15H20O. The maximum atomic E-state index is 5.60. The summed E-state index contributed by atoms with van der Waals surface area (Å²) in [5.41, 5.74) is 1.32. The molecule has 0 aliphatic heterocycles. The van der Waals surface area contributed by atoms with Crippen molar-refractivity contribution in [3.8, 4) is 17.6 Å². The zero-order chi connectivity index (χ0) is 12.0. The highest BCUT2D eigenvalue weighted by Gasteiger charge is 2.04. The highest BCUT2D eigenvalue weighted by molar-refractivity contribution is 5.30. The molecule has 0 aliphatic rings. The first-order chi connectivity index (χ1) is 7.63. The van der Waals surface area contributed by atoms with Crippen LogP contribution in [0.5, 0.6) is 5.75 Å². The highest BCUT2D eigenvalue weighted by Crippen LogP contribution is 2.21. The van der Waals surface area contributed by atoms with Crippen LogP contribution in [0.2, 0.25) is 0 Å². The Hall–Kier alpha value is -1.42. The summed E-state index contributed by atoms with van der Waals surface area (Å²) in [6, 6.07) is 8.32. The van der Waals surface area contributed by atoms with E-state index in [4.69, 9.17) is 4.74 Å². The molecule has 0 heterocycles. The summed E-state index contributed by atoms with van der Waals surface area (Å²) >= 11 is 0. The molecule has 1 aromatic rings. The zero-order valence-corrected chi connectivity index (χ0v) is 10.6. The van der Waals surface area contributed by atoms with Gasteiger partial charge in [-0.05, 0) is 44.4 Å². The lowest BCUT2D eigenvalue weighted by molar-refractivity contribution is 0.242. The van der Waals surface area contributed by atoms with Crippen LogP contribution < -0.4 is 4.74 Å². The molecule has 1 rings (SSSR count). The third kappa shape index (κ3) is 3.98. The van der Waals surface area contributed by atoms with Crippen molar-refractivity contribution in [3.05, 3.63) is 29.8 Å². The Morgan fingerprint density at radius 3 is 2.25 bits per heavy atom. The zero-order valence-electron chi connectivity index (χ0n) is 10.6. The van der Waals surface area contributed by atoms with Crippen molar-refractivity contribution >= 4 is 0 Å². The summed E-state index contributed by atoms with van der Waals surface area (Å²) in [5, 5.41) is 0. The van der Waals surface area contributed by atoms with Gasteiger partial charge in [0, 0.05) is 6.42 Å². The summed E-state index contributed by atoms with van der Waals surface area (Å²) in [6.45, 7) is 8.15. The molecule has 0 radical (unpaired) electrons. The second kappa shape index (κ2) is 6.23. The largest absolute Gasteiger partial charge is 0.491 e. The number of hydrogen-bond acceptors (Lipinski definition) is 1.